The number of hydrogen-bond acceptors (Lipinski definition) is 3. The van der Waals surface area contributed by atoms with Gasteiger partial charge in [-0.2, -0.15) is 11.8 Å². The maximum Gasteiger partial charge on any atom is 0.267 e. The molecule has 96 valence electrons. The Morgan fingerprint density at radius 3 is 3.00 bits per heavy atom. The molecule has 0 aliphatic carbocycles. The molecule has 1 aromatic carbocycles. The number of thioether (sulfide) groups is 1. The summed E-state index contributed by atoms with van der Waals surface area (Å²) in [4.78, 5) is 15.0. The predicted molar refractivity (Wildman–Crippen MR) is 78.0 cm³/mol. The van der Waals surface area contributed by atoms with Crippen LogP contribution in [0.25, 0.3) is 10.9 Å². The number of nitrogens with two attached hydrogens (primary N) is 1. The SMILES string of the molecule is CSC(C)CNC(=O)c1cc2cc(N)ccc2[nH]1. The minimum atomic E-state index is -0.0781. The third-order valence-corrected chi connectivity index (χ3v) is 3.81. The van der Waals surface area contributed by atoms with Gasteiger partial charge in [0, 0.05) is 28.4 Å². The Labute approximate surface area is 110 Å². The Morgan fingerprint density at radius 2 is 2.28 bits per heavy atom. The fourth-order valence-corrected chi connectivity index (χ4v) is 1.94. The molecule has 1 atom stereocenters. The summed E-state index contributed by atoms with van der Waals surface area (Å²) < 4.78 is 0. The van der Waals surface area contributed by atoms with Crippen molar-refractivity contribution < 1.29 is 4.79 Å². The number of aromatic nitrogens is 1. The normalized spacial score (nSPS) is 12.6. The molecule has 1 heterocycles. The van der Waals surface area contributed by atoms with Crippen LogP contribution in [0.4, 0.5) is 5.69 Å². The molecule has 4 N–H and O–H groups in total. The maximum atomic E-state index is 11.9. The molecule has 1 aromatic heterocycles. The third kappa shape index (κ3) is 2.79. The van der Waals surface area contributed by atoms with Gasteiger partial charge in [-0.25, -0.2) is 0 Å². The summed E-state index contributed by atoms with van der Waals surface area (Å²) in [5.74, 6) is -0.0781. The first-order valence-corrected chi connectivity index (χ1v) is 7.08. The van der Waals surface area contributed by atoms with E-state index in [9.17, 15) is 4.79 Å². The van der Waals surface area contributed by atoms with E-state index in [2.05, 4.69) is 17.2 Å². The van der Waals surface area contributed by atoms with E-state index in [1.165, 1.54) is 0 Å². The molecule has 18 heavy (non-hydrogen) atoms. The second-order valence-electron chi connectivity index (χ2n) is 4.29. The second-order valence-corrected chi connectivity index (χ2v) is 5.56. The monoisotopic (exact) mass is 263 g/mol. The lowest BCUT2D eigenvalue weighted by Gasteiger charge is -2.08. The number of amides is 1. The number of anilines is 1. The Kier molecular flexibility index (Phi) is 3.81. The molecular formula is C13H17N3OS. The fraction of sp³-hybridized carbons (Fsp3) is 0.308. The minimum Gasteiger partial charge on any atom is -0.399 e. The third-order valence-electron chi connectivity index (χ3n) is 2.84. The van der Waals surface area contributed by atoms with Gasteiger partial charge in [-0.3, -0.25) is 4.79 Å². The number of hydrogen-bond donors (Lipinski definition) is 3. The molecular weight excluding hydrogens is 246 g/mol. The Hall–Kier alpha value is -1.62. The van der Waals surface area contributed by atoms with Gasteiger partial charge in [0.15, 0.2) is 0 Å². The highest BCUT2D eigenvalue weighted by Crippen LogP contribution is 2.18. The van der Waals surface area contributed by atoms with Crippen LogP contribution in [-0.4, -0.2) is 28.9 Å². The van der Waals surface area contributed by atoms with E-state index in [1.807, 2.05) is 30.5 Å². The van der Waals surface area contributed by atoms with Crippen LogP contribution in [0.2, 0.25) is 0 Å². The summed E-state index contributed by atoms with van der Waals surface area (Å²) in [6.07, 6.45) is 2.03. The van der Waals surface area contributed by atoms with E-state index >= 15 is 0 Å². The number of nitrogen functional groups attached to an aromatic ring is 1. The number of nitrogens with one attached hydrogen (secondary N) is 2. The van der Waals surface area contributed by atoms with Crippen LogP contribution < -0.4 is 11.1 Å². The number of carbonyl (C=O) groups is 1. The van der Waals surface area contributed by atoms with Crippen molar-refractivity contribution in [3.05, 3.63) is 30.0 Å². The van der Waals surface area contributed by atoms with Gasteiger partial charge in [-0.05, 0) is 30.5 Å². The van der Waals surface area contributed by atoms with Crippen LogP contribution in [0.5, 0.6) is 0 Å². The number of fused-ring (bicyclic) bond motifs is 1. The molecule has 0 radical (unpaired) electrons. The van der Waals surface area contributed by atoms with Crippen molar-refractivity contribution >= 4 is 34.3 Å². The first kappa shape index (κ1) is 12.8. The molecule has 0 aliphatic rings. The minimum absolute atomic E-state index is 0.0781. The fourth-order valence-electron chi connectivity index (χ4n) is 1.69. The van der Waals surface area contributed by atoms with Gasteiger partial charge < -0.3 is 16.0 Å². The maximum absolute atomic E-state index is 11.9. The summed E-state index contributed by atoms with van der Waals surface area (Å²) in [6, 6.07) is 7.38. The first-order chi connectivity index (χ1) is 8.60. The van der Waals surface area contributed by atoms with E-state index < -0.39 is 0 Å². The second kappa shape index (κ2) is 5.35. The Bertz CT molecular complexity index is 564. The van der Waals surface area contributed by atoms with Crippen molar-refractivity contribution in [2.24, 2.45) is 0 Å². The summed E-state index contributed by atoms with van der Waals surface area (Å²) >= 11 is 1.73. The molecule has 1 unspecified atom stereocenters. The lowest BCUT2D eigenvalue weighted by atomic mass is 10.2. The molecule has 0 aliphatic heterocycles. The van der Waals surface area contributed by atoms with Gasteiger partial charge in [-0.1, -0.05) is 6.92 Å². The highest BCUT2D eigenvalue weighted by molar-refractivity contribution is 7.99. The largest absolute Gasteiger partial charge is 0.399 e. The average Bonchev–Trinajstić information content (AvgIpc) is 2.78. The van der Waals surface area contributed by atoms with Gasteiger partial charge in [-0.15, -0.1) is 0 Å². The van der Waals surface area contributed by atoms with Crippen molar-refractivity contribution in [3.8, 4) is 0 Å². The topological polar surface area (TPSA) is 70.9 Å². The number of H-pyrrole nitrogens is 1. The molecule has 5 heteroatoms. The molecule has 1 amide bonds. The van der Waals surface area contributed by atoms with E-state index in [0.29, 0.717) is 23.2 Å². The summed E-state index contributed by atoms with van der Waals surface area (Å²) in [6.45, 7) is 2.74. The molecule has 0 fully saturated rings. The number of rotatable bonds is 4. The lowest BCUT2D eigenvalue weighted by Crippen LogP contribution is -2.29. The van der Waals surface area contributed by atoms with E-state index in [1.54, 1.807) is 11.8 Å². The van der Waals surface area contributed by atoms with Crippen LogP contribution in [0.15, 0.2) is 24.3 Å². The summed E-state index contributed by atoms with van der Waals surface area (Å²) in [5, 5.41) is 4.27. The van der Waals surface area contributed by atoms with Crippen molar-refractivity contribution in [2.45, 2.75) is 12.2 Å². The number of benzene rings is 1. The average molecular weight is 263 g/mol. The molecule has 0 saturated heterocycles. The molecule has 0 bridgehead atoms. The smallest absolute Gasteiger partial charge is 0.267 e. The van der Waals surface area contributed by atoms with Crippen LogP contribution >= 0.6 is 11.8 Å². The van der Waals surface area contributed by atoms with Crippen LogP contribution in [-0.2, 0) is 0 Å². The number of aromatic amines is 1. The molecule has 4 nitrogen and oxygen atoms in total. The van der Waals surface area contributed by atoms with Crippen molar-refractivity contribution in [1.82, 2.24) is 10.3 Å². The summed E-state index contributed by atoms with van der Waals surface area (Å²) in [5.41, 5.74) is 7.90. The number of carbonyl (C=O) groups excluding carboxylic acids is 1. The zero-order chi connectivity index (χ0) is 13.1. The van der Waals surface area contributed by atoms with Gasteiger partial charge >= 0.3 is 0 Å². The highest BCUT2D eigenvalue weighted by Gasteiger charge is 2.10. The van der Waals surface area contributed by atoms with E-state index in [4.69, 9.17) is 5.73 Å². The zero-order valence-corrected chi connectivity index (χ0v) is 11.3. The van der Waals surface area contributed by atoms with Gasteiger partial charge in [0.25, 0.3) is 5.91 Å². The van der Waals surface area contributed by atoms with Crippen LogP contribution in [0.1, 0.15) is 17.4 Å². The molecule has 2 rings (SSSR count). The standard InChI is InChI=1S/C13H17N3OS/c1-8(18-2)7-15-13(17)12-6-9-5-10(14)3-4-11(9)16-12/h3-6,8,16H,7,14H2,1-2H3,(H,15,17). The van der Waals surface area contributed by atoms with Gasteiger partial charge in [0.1, 0.15) is 5.69 Å². The van der Waals surface area contributed by atoms with Crippen LogP contribution in [0, 0.1) is 0 Å². The zero-order valence-electron chi connectivity index (χ0n) is 10.5. The van der Waals surface area contributed by atoms with Gasteiger partial charge in [0.05, 0.1) is 0 Å². The highest BCUT2D eigenvalue weighted by atomic mass is 32.2. The van der Waals surface area contributed by atoms with E-state index in [-0.39, 0.29) is 5.91 Å². The lowest BCUT2D eigenvalue weighted by molar-refractivity contribution is 0.0950. The predicted octanol–water partition coefficient (Wildman–Crippen LogP) is 2.23. The van der Waals surface area contributed by atoms with Crippen molar-refractivity contribution in [1.29, 1.82) is 0 Å². The molecule has 0 spiro atoms. The first-order valence-electron chi connectivity index (χ1n) is 5.79. The quantitative estimate of drug-likeness (QED) is 0.741. The van der Waals surface area contributed by atoms with Crippen molar-refractivity contribution in [3.63, 3.8) is 0 Å². The van der Waals surface area contributed by atoms with Gasteiger partial charge in [0.2, 0.25) is 0 Å². The summed E-state index contributed by atoms with van der Waals surface area (Å²) in [7, 11) is 0. The molecule has 2 aromatic rings. The van der Waals surface area contributed by atoms with Crippen molar-refractivity contribution in [2.75, 3.05) is 18.5 Å². The molecule has 0 saturated carbocycles. The van der Waals surface area contributed by atoms with Crippen LogP contribution in [0.3, 0.4) is 0 Å². The Morgan fingerprint density at radius 1 is 1.50 bits per heavy atom. The Balaban J connectivity index is 2.13. The van der Waals surface area contributed by atoms with E-state index in [0.717, 1.165) is 10.9 Å².